The molecule has 1 aliphatic heterocycles. The predicted molar refractivity (Wildman–Crippen MR) is 102 cm³/mol. The van der Waals surface area contributed by atoms with E-state index in [0.29, 0.717) is 12.8 Å². The van der Waals surface area contributed by atoms with Crippen molar-refractivity contribution in [2.45, 2.75) is 51.9 Å². The van der Waals surface area contributed by atoms with Crippen LogP contribution in [0.3, 0.4) is 0 Å². The maximum absolute atomic E-state index is 13.0. The van der Waals surface area contributed by atoms with Crippen LogP contribution in [0.1, 0.15) is 40.0 Å². The van der Waals surface area contributed by atoms with Crippen LogP contribution in [0.4, 0.5) is 23.7 Å². The summed E-state index contributed by atoms with van der Waals surface area (Å²) in [6.07, 6.45) is -2.96. The fourth-order valence-corrected chi connectivity index (χ4v) is 4.76. The summed E-state index contributed by atoms with van der Waals surface area (Å²) in [5, 5.41) is 5.16. The van der Waals surface area contributed by atoms with Gasteiger partial charge < -0.3 is 15.4 Å². The van der Waals surface area contributed by atoms with Crippen LogP contribution in [0, 0.1) is 11.3 Å². The minimum Gasteiger partial charge on any atom is -0.406 e. The van der Waals surface area contributed by atoms with Crippen LogP contribution in [0.15, 0.2) is 24.3 Å². The van der Waals surface area contributed by atoms with E-state index in [4.69, 9.17) is 0 Å². The van der Waals surface area contributed by atoms with Gasteiger partial charge in [-0.25, -0.2) is 4.79 Å². The first kappa shape index (κ1) is 21.9. The summed E-state index contributed by atoms with van der Waals surface area (Å²) in [6.45, 7) is 5.56. The zero-order valence-electron chi connectivity index (χ0n) is 16.9. The minimum absolute atomic E-state index is 0.0518. The SMILES string of the molecule is CC1CC(C)(C)CC2(C1)NC(=O)N(CC(=O)Nc1cccc(OC(F)(F)F)c1)C2=O. The third-order valence-corrected chi connectivity index (χ3v) is 5.28. The molecule has 1 saturated carbocycles. The maximum Gasteiger partial charge on any atom is 0.573 e. The Morgan fingerprint density at radius 2 is 2.00 bits per heavy atom. The zero-order chi connectivity index (χ0) is 22.3. The van der Waals surface area contributed by atoms with Gasteiger partial charge in [-0.15, -0.1) is 13.2 Å². The number of urea groups is 1. The second-order valence-corrected chi connectivity index (χ2v) is 8.88. The van der Waals surface area contributed by atoms with Crippen LogP contribution < -0.4 is 15.4 Å². The first-order valence-electron chi connectivity index (χ1n) is 9.58. The third kappa shape index (κ3) is 4.85. The molecule has 0 bridgehead atoms. The lowest BCUT2D eigenvalue weighted by molar-refractivity contribution is -0.274. The quantitative estimate of drug-likeness (QED) is 0.718. The molecule has 3 rings (SSSR count). The molecule has 1 heterocycles. The Hall–Kier alpha value is -2.78. The summed E-state index contributed by atoms with van der Waals surface area (Å²) < 4.78 is 40.9. The highest BCUT2D eigenvalue weighted by Gasteiger charge is 2.56. The molecule has 7 nitrogen and oxygen atoms in total. The van der Waals surface area contributed by atoms with E-state index >= 15 is 0 Å². The highest BCUT2D eigenvalue weighted by molar-refractivity contribution is 6.10. The molecule has 2 aliphatic rings. The molecule has 0 aromatic heterocycles. The number of halogens is 3. The van der Waals surface area contributed by atoms with Crippen molar-refractivity contribution < 1.29 is 32.3 Å². The number of alkyl halides is 3. The van der Waals surface area contributed by atoms with E-state index in [1.54, 1.807) is 0 Å². The molecule has 1 aromatic rings. The van der Waals surface area contributed by atoms with Crippen molar-refractivity contribution in [2.24, 2.45) is 11.3 Å². The van der Waals surface area contributed by atoms with Crippen molar-refractivity contribution in [3.05, 3.63) is 24.3 Å². The summed E-state index contributed by atoms with van der Waals surface area (Å²) in [4.78, 5) is 38.7. The molecule has 30 heavy (non-hydrogen) atoms. The van der Waals surface area contributed by atoms with Gasteiger partial charge in [0.1, 0.15) is 17.8 Å². The maximum atomic E-state index is 13.0. The predicted octanol–water partition coefficient (Wildman–Crippen LogP) is 3.66. The van der Waals surface area contributed by atoms with Gasteiger partial charge in [-0.1, -0.05) is 26.8 Å². The number of rotatable bonds is 4. The fraction of sp³-hybridized carbons (Fsp3) is 0.550. The molecule has 1 spiro atoms. The van der Waals surface area contributed by atoms with Crippen molar-refractivity contribution in [1.29, 1.82) is 0 Å². The van der Waals surface area contributed by atoms with E-state index in [-0.39, 0.29) is 17.0 Å². The molecule has 2 unspecified atom stereocenters. The van der Waals surface area contributed by atoms with Gasteiger partial charge in [0.25, 0.3) is 5.91 Å². The largest absolute Gasteiger partial charge is 0.573 e. The molecule has 2 fully saturated rings. The minimum atomic E-state index is -4.86. The third-order valence-electron chi connectivity index (χ3n) is 5.28. The fourth-order valence-electron chi connectivity index (χ4n) is 4.76. The van der Waals surface area contributed by atoms with E-state index < -0.39 is 42.0 Å². The van der Waals surface area contributed by atoms with Crippen molar-refractivity contribution in [1.82, 2.24) is 10.2 Å². The van der Waals surface area contributed by atoms with Crippen LogP contribution in [-0.4, -0.2) is 41.2 Å². The number of hydrogen-bond donors (Lipinski definition) is 2. The second-order valence-electron chi connectivity index (χ2n) is 8.88. The van der Waals surface area contributed by atoms with Crippen molar-refractivity contribution >= 4 is 23.5 Å². The number of carbonyl (C=O) groups is 3. The normalized spacial score (nSPS) is 25.9. The van der Waals surface area contributed by atoms with Gasteiger partial charge in [0.05, 0.1) is 0 Å². The van der Waals surface area contributed by atoms with E-state index in [0.717, 1.165) is 23.5 Å². The number of carbonyl (C=O) groups excluding carboxylic acids is 3. The summed E-state index contributed by atoms with van der Waals surface area (Å²) in [6, 6.07) is 4.11. The highest BCUT2D eigenvalue weighted by atomic mass is 19.4. The summed E-state index contributed by atoms with van der Waals surface area (Å²) in [7, 11) is 0. The van der Waals surface area contributed by atoms with Gasteiger partial charge in [0.2, 0.25) is 5.91 Å². The molecular weight excluding hydrogens is 403 g/mol. The van der Waals surface area contributed by atoms with Crippen molar-refractivity contribution in [2.75, 3.05) is 11.9 Å². The number of benzene rings is 1. The van der Waals surface area contributed by atoms with E-state index in [2.05, 4.69) is 15.4 Å². The first-order valence-corrected chi connectivity index (χ1v) is 9.58. The molecule has 2 atom stereocenters. The van der Waals surface area contributed by atoms with E-state index in [1.165, 1.54) is 12.1 Å². The molecule has 1 aromatic carbocycles. The van der Waals surface area contributed by atoms with Crippen LogP contribution in [0.5, 0.6) is 5.75 Å². The molecule has 10 heteroatoms. The number of hydrogen-bond acceptors (Lipinski definition) is 4. The first-order chi connectivity index (χ1) is 13.8. The summed E-state index contributed by atoms with van der Waals surface area (Å²) >= 11 is 0. The summed E-state index contributed by atoms with van der Waals surface area (Å²) in [5.41, 5.74) is -1.12. The van der Waals surface area contributed by atoms with Crippen LogP contribution in [-0.2, 0) is 9.59 Å². The Bertz CT molecular complexity index is 871. The average Bonchev–Trinajstić information content (AvgIpc) is 2.75. The van der Waals surface area contributed by atoms with Gasteiger partial charge in [0.15, 0.2) is 0 Å². The van der Waals surface area contributed by atoms with Gasteiger partial charge >= 0.3 is 12.4 Å². The lowest BCUT2D eigenvalue weighted by Crippen LogP contribution is -2.54. The molecular formula is C20H24F3N3O4. The van der Waals surface area contributed by atoms with Crippen molar-refractivity contribution in [3.63, 3.8) is 0 Å². The molecule has 164 valence electrons. The van der Waals surface area contributed by atoms with Gasteiger partial charge in [0, 0.05) is 11.8 Å². The van der Waals surface area contributed by atoms with Gasteiger partial charge in [-0.2, -0.15) is 0 Å². The van der Waals surface area contributed by atoms with Crippen LogP contribution in [0.2, 0.25) is 0 Å². The molecule has 1 aliphatic carbocycles. The molecule has 0 radical (unpaired) electrons. The number of amides is 4. The lowest BCUT2D eigenvalue weighted by Gasteiger charge is -2.43. The Balaban J connectivity index is 1.68. The molecule has 1 saturated heterocycles. The topological polar surface area (TPSA) is 87.7 Å². The van der Waals surface area contributed by atoms with E-state index in [9.17, 15) is 27.6 Å². The van der Waals surface area contributed by atoms with Gasteiger partial charge in [-0.3, -0.25) is 14.5 Å². The summed E-state index contributed by atoms with van der Waals surface area (Å²) in [5.74, 6) is -1.42. The van der Waals surface area contributed by atoms with E-state index in [1.807, 2.05) is 20.8 Å². The molecule has 4 amide bonds. The Labute approximate surface area is 171 Å². The number of nitrogens with zero attached hydrogens (tertiary/aromatic N) is 1. The lowest BCUT2D eigenvalue weighted by atomic mass is 9.64. The zero-order valence-corrected chi connectivity index (χ0v) is 16.9. The van der Waals surface area contributed by atoms with Gasteiger partial charge in [-0.05, 0) is 42.7 Å². The Morgan fingerprint density at radius 1 is 1.30 bits per heavy atom. The number of anilines is 1. The number of imide groups is 1. The van der Waals surface area contributed by atoms with Crippen molar-refractivity contribution in [3.8, 4) is 5.75 Å². The number of ether oxygens (including phenoxy) is 1. The molecule has 2 N–H and O–H groups in total. The van der Waals surface area contributed by atoms with Crippen LogP contribution in [0.25, 0.3) is 0 Å². The second kappa shape index (κ2) is 7.48. The standard InChI is InChI=1S/C20H24F3N3O4/c1-12-8-18(2,3)11-19(9-12)16(28)26(17(29)25-19)10-15(27)24-13-5-4-6-14(7-13)30-20(21,22)23/h4-7,12H,8-11H2,1-3H3,(H,24,27)(H,25,29). The smallest absolute Gasteiger partial charge is 0.406 e. The number of nitrogens with one attached hydrogen (secondary N) is 2. The highest BCUT2D eigenvalue weighted by Crippen LogP contribution is 2.46. The Kier molecular flexibility index (Phi) is 5.46. The van der Waals surface area contributed by atoms with Crippen LogP contribution >= 0.6 is 0 Å². The monoisotopic (exact) mass is 427 g/mol. The average molecular weight is 427 g/mol. The Morgan fingerprint density at radius 3 is 2.63 bits per heavy atom.